The van der Waals surface area contributed by atoms with Crippen LogP contribution in [-0.4, -0.2) is 16.3 Å². The first-order chi connectivity index (χ1) is 12.3. The molecule has 3 nitrogen and oxygen atoms in total. The normalized spacial score (nSPS) is 13.8. The minimum absolute atomic E-state index is 1.00. The van der Waals surface area contributed by atoms with Crippen molar-refractivity contribution >= 4 is 5.82 Å². The first-order valence-corrected chi connectivity index (χ1v) is 9.29. The lowest BCUT2D eigenvalue weighted by Crippen LogP contribution is -2.08. The summed E-state index contributed by atoms with van der Waals surface area (Å²) in [4.78, 5) is 0. The van der Waals surface area contributed by atoms with Gasteiger partial charge in [-0.25, -0.2) is 4.68 Å². The van der Waals surface area contributed by atoms with Crippen LogP contribution in [0, 0.1) is 6.92 Å². The van der Waals surface area contributed by atoms with Crippen LogP contribution < -0.4 is 5.32 Å². The van der Waals surface area contributed by atoms with Gasteiger partial charge in [-0.1, -0.05) is 55.0 Å². The number of hydrogen-bond acceptors (Lipinski definition) is 2. The van der Waals surface area contributed by atoms with E-state index in [-0.39, 0.29) is 0 Å². The van der Waals surface area contributed by atoms with E-state index >= 15 is 0 Å². The maximum atomic E-state index is 5.07. The van der Waals surface area contributed by atoms with Crippen molar-refractivity contribution in [1.82, 2.24) is 9.78 Å². The van der Waals surface area contributed by atoms with E-state index in [0.29, 0.717) is 0 Å². The lowest BCUT2D eigenvalue weighted by atomic mass is 10.0. The van der Waals surface area contributed by atoms with E-state index in [1.807, 2.05) is 0 Å². The van der Waals surface area contributed by atoms with Crippen molar-refractivity contribution in [3.8, 4) is 16.9 Å². The summed E-state index contributed by atoms with van der Waals surface area (Å²) in [5, 5.41) is 8.71. The van der Waals surface area contributed by atoms with Crippen LogP contribution in [0.4, 0.5) is 5.82 Å². The predicted octanol–water partition coefficient (Wildman–Crippen LogP) is 5.16. The average Bonchev–Trinajstić information content (AvgIpc) is 2.83. The maximum Gasteiger partial charge on any atom is 0.133 e. The molecule has 0 saturated carbocycles. The summed E-state index contributed by atoms with van der Waals surface area (Å²) in [6.07, 6.45) is 4.50. The molecule has 1 N–H and O–H groups in total. The van der Waals surface area contributed by atoms with Crippen molar-refractivity contribution in [2.45, 2.75) is 39.5 Å². The summed E-state index contributed by atoms with van der Waals surface area (Å²) in [7, 11) is 0. The first-order valence-electron chi connectivity index (χ1n) is 9.29. The minimum Gasteiger partial charge on any atom is -0.370 e. The van der Waals surface area contributed by atoms with Crippen molar-refractivity contribution in [1.29, 1.82) is 0 Å². The number of para-hydroxylation sites is 1. The van der Waals surface area contributed by atoms with Gasteiger partial charge in [-0.15, -0.1) is 0 Å². The van der Waals surface area contributed by atoms with Gasteiger partial charge in [0.1, 0.15) is 5.82 Å². The standard InChI is InChI=1S/C22H25N3/c1-3-17-8-4-5-10-20(17)25-22-19(9-6-7-15-23-22)21(24-25)18-13-11-16(2)12-14-18/h4-5,8,10-14,23H,3,6-7,9,15H2,1-2H3. The van der Waals surface area contributed by atoms with Gasteiger partial charge in [0.2, 0.25) is 0 Å². The van der Waals surface area contributed by atoms with Crippen LogP contribution in [0.25, 0.3) is 16.9 Å². The van der Waals surface area contributed by atoms with Crippen LogP contribution in [-0.2, 0) is 12.8 Å². The smallest absolute Gasteiger partial charge is 0.133 e. The fraction of sp³-hybridized carbons (Fsp3) is 0.318. The second-order valence-electron chi connectivity index (χ2n) is 6.82. The van der Waals surface area contributed by atoms with E-state index in [0.717, 1.165) is 25.1 Å². The zero-order chi connectivity index (χ0) is 17.2. The molecule has 0 aliphatic carbocycles. The highest BCUT2D eigenvalue weighted by Crippen LogP contribution is 2.34. The molecule has 0 saturated heterocycles. The van der Waals surface area contributed by atoms with Crippen LogP contribution in [0.3, 0.4) is 0 Å². The quantitative estimate of drug-likeness (QED) is 0.718. The Labute approximate surface area is 149 Å². The van der Waals surface area contributed by atoms with Gasteiger partial charge >= 0.3 is 0 Å². The lowest BCUT2D eigenvalue weighted by molar-refractivity contribution is 0.779. The van der Waals surface area contributed by atoms with E-state index in [1.165, 1.54) is 46.6 Å². The molecule has 0 bridgehead atoms. The molecule has 3 aromatic rings. The molecule has 0 amide bonds. The Morgan fingerprint density at radius 1 is 1.04 bits per heavy atom. The SMILES string of the molecule is CCc1ccccc1-n1nc(-c2ccc(C)cc2)c2c1NCCCC2. The Balaban J connectivity index is 1.92. The van der Waals surface area contributed by atoms with Gasteiger partial charge in [0.25, 0.3) is 0 Å². The lowest BCUT2D eigenvalue weighted by Gasteiger charge is -2.12. The van der Waals surface area contributed by atoms with Crippen molar-refractivity contribution in [3.05, 3.63) is 65.2 Å². The summed E-state index contributed by atoms with van der Waals surface area (Å²) >= 11 is 0. The molecule has 0 atom stereocenters. The second kappa shape index (κ2) is 6.75. The molecule has 0 fully saturated rings. The Morgan fingerprint density at radius 2 is 1.84 bits per heavy atom. The van der Waals surface area contributed by atoms with E-state index < -0.39 is 0 Å². The third kappa shape index (κ3) is 2.95. The zero-order valence-corrected chi connectivity index (χ0v) is 15.0. The van der Waals surface area contributed by atoms with Crippen molar-refractivity contribution in [2.24, 2.45) is 0 Å². The van der Waals surface area contributed by atoms with Gasteiger partial charge in [0, 0.05) is 17.7 Å². The molecule has 1 aliphatic heterocycles. The van der Waals surface area contributed by atoms with Crippen LogP contribution in [0.2, 0.25) is 0 Å². The number of hydrogen-bond donors (Lipinski definition) is 1. The van der Waals surface area contributed by atoms with Crippen LogP contribution in [0.5, 0.6) is 0 Å². The molecule has 1 aromatic heterocycles. The zero-order valence-electron chi connectivity index (χ0n) is 15.0. The Kier molecular flexibility index (Phi) is 4.31. The maximum absolute atomic E-state index is 5.07. The number of anilines is 1. The number of nitrogens with one attached hydrogen (secondary N) is 1. The summed E-state index contributed by atoms with van der Waals surface area (Å²) < 4.78 is 2.13. The van der Waals surface area contributed by atoms with Gasteiger partial charge in [-0.05, 0) is 44.2 Å². The monoisotopic (exact) mass is 331 g/mol. The average molecular weight is 331 g/mol. The molecule has 0 unspecified atom stereocenters. The Bertz CT molecular complexity index is 875. The summed E-state index contributed by atoms with van der Waals surface area (Å²) in [6.45, 7) is 5.34. The molecular formula is C22H25N3. The molecule has 1 aliphatic rings. The number of fused-ring (bicyclic) bond motifs is 1. The number of nitrogens with zero attached hydrogens (tertiary/aromatic N) is 2. The Hall–Kier alpha value is -2.55. The van der Waals surface area contributed by atoms with Gasteiger partial charge in [-0.2, -0.15) is 5.10 Å². The van der Waals surface area contributed by atoms with Crippen LogP contribution >= 0.6 is 0 Å². The second-order valence-corrected chi connectivity index (χ2v) is 6.82. The molecule has 2 heterocycles. The topological polar surface area (TPSA) is 29.9 Å². The summed E-state index contributed by atoms with van der Waals surface area (Å²) in [5.74, 6) is 1.17. The van der Waals surface area contributed by atoms with E-state index in [9.17, 15) is 0 Å². The fourth-order valence-electron chi connectivity index (χ4n) is 3.64. The number of aryl methyl sites for hydroxylation is 2. The third-order valence-electron chi connectivity index (χ3n) is 5.06. The Morgan fingerprint density at radius 3 is 2.64 bits per heavy atom. The number of aromatic nitrogens is 2. The van der Waals surface area contributed by atoms with Gasteiger partial charge in [-0.3, -0.25) is 0 Å². The van der Waals surface area contributed by atoms with Crippen LogP contribution in [0.1, 0.15) is 36.5 Å². The molecule has 128 valence electrons. The highest BCUT2D eigenvalue weighted by Gasteiger charge is 2.22. The van der Waals surface area contributed by atoms with Crippen molar-refractivity contribution in [2.75, 3.05) is 11.9 Å². The van der Waals surface area contributed by atoms with Gasteiger partial charge in [0.05, 0.1) is 11.4 Å². The van der Waals surface area contributed by atoms with E-state index in [4.69, 9.17) is 5.10 Å². The van der Waals surface area contributed by atoms with E-state index in [1.54, 1.807) is 0 Å². The molecule has 0 radical (unpaired) electrons. The molecule has 2 aromatic carbocycles. The fourth-order valence-corrected chi connectivity index (χ4v) is 3.64. The molecular weight excluding hydrogens is 306 g/mol. The van der Waals surface area contributed by atoms with Gasteiger partial charge < -0.3 is 5.32 Å². The highest BCUT2D eigenvalue weighted by molar-refractivity contribution is 5.71. The first kappa shape index (κ1) is 15.9. The molecule has 0 spiro atoms. The largest absolute Gasteiger partial charge is 0.370 e. The van der Waals surface area contributed by atoms with Crippen molar-refractivity contribution < 1.29 is 0 Å². The number of rotatable bonds is 3. The third-order valence-corrected chi connectivity index (χ3v) is 5.06. The predicted molar refractivity (Wildman–Crippen MR) is 105 cm³/mol. The van der Waals surface area contributed by atoms with E-state index in [2.05, 4.69) is 72.4 Å². The van der Waals surface area contributed by atoms with Crippen molar-refractivity contribution in [3.63, 3.8) is 0 Å². The van der Waals surface area contributed by atoms with Crippen LogP contribution in [0.15, 0.2) is 48.5 Å². The highest BCUT2D eigenvalue weighted by atomic mass is 15.3. The summed E-state index contributed by atoms with van der Waals surface area (Å²) in [5.41, 5.74) is 7.48. The minimum atomic E-state index is 1.00. The number of benzene rings is 2. The summed E-state index contributed by atoms with van der Waals surface area (Å²) in [6, 6.07) is 17.3. The molecule has 25 heavy (non-hydrogen) atoms. The molecule has 3 heteroatoms. The van der Waals surface area contributed by atoms with Gasteiger partial charge in [0.15, 0.2) is 0 Å². The molecule has 4 rings (SSSR count).